The quantitative estimate of drug-likeness (QED) is 0.823. The first-order chi connectivity index (χ1) is 9.28. The van der Waals surface area contributed by atoms with Gasteiger partial charge in [-0.1, -0.05) is 12.1 Å². The number of rotatable bonds is 6. The molecule has 19 heavy (non-hydrogen) atoms. The number of nitrogens with one attached hydrogen (secondary N) is 1. The molecule has 1 aromatic heterocycles. The minimum absolute atomic E-state index is 0.0330. The van der Waals surface area contributed by atoms with Crippen molar-refractivity contribution < 1.29 is 13.9 Å². The zero-order chi connectivity index (χ0) is 13.5. The third kappa shape index (κ3) is 4.15. The predicted octanol–water partition coefficient (Wildman–Crippen LogP) is 1.43. The summed E-state index contributed by atoms with van der Waals surface area (Å²) < 4.78 is 10.5. The van der Waals surface area contributed by atoms with Gasteiger partial charge in [-0.3, -0.25) is 4.79 Å². The maximum atomic E-state index is 11.6. The molecular weight excluding hydrogens is 244 g/mol. The molecule has 0 spiro atoms. The van der Waals surface area contributed by atoms with Crippen molar-refractivity contribution in [1.82, 2.24) is 5.32 Å². The number of ether oxygens (including phenoxy) is 1. The van der Waals surface area contributed by atoms with Gasteiger partial charge in [0.25, 0.3) is 5.91 Å². The molecule has 1 heterocycles. The monoisotopic (exact) mass is 260 g/mol. The van der Waals surface area contributed by atoms with Gasteiger partial charge in [-0.2, -0.15) is 0 Å². The number of benzene rings is 1. The van der Waals surface area contributed by atoms with Crippen molar-refractivity contribution >= 4 is 5.91 Å². The SMILES string of the molecule is NCc1cccc(OCC(=O)NCc2ccco2)c1. The van der Waals surface area contributed by atoms with E-state index in [9.17, 15) is 4.79 Å². The van der Waals surface area contributed by atoms with E-state index >= 15 is 0 Å². The molecule has 1 aromatic carbocycles. The second-order valence-electron chi connectivity index (χ2n) is 4.00. The predicted molar refractivity (Wildman–Crippen MR) is 70.4 cm³/mol. The molecule has 0 saturated carbocycles. The summed E-state index contributed by atoms with van der Waals surface area (Å²) in [4.78, 5) is 11.6. The Hall–Kier alpha value is -2.27. The number of carbonyl (C=O) groups excluding carboxylic acids is 1. The fourth-order valence-electron chi connectivity index (χ4n) is 1.56. The van der Waals surface area contributed by atoms with Crippen LogP contribution in [0.2, 0.25) is 0 Å². The molecule has 3 N–H and O–H groups in total. The van der Waals surface area contributed by atoms with Gasteiger partial charge < -0.3 is 20.2 Å². The number of furan rings is 1. The zero-order valence-electron chi connectivity index (χ0n) is 10.5. The third-order valence-electron chi connectivity index (χ3n) is 2.54. The van der Waals surface area contributed by atoms with Crippen LogP contribution in [0.5, 0.6) is 5.75 Å². The molecule has 0 aliphatic heterocycles. The lowest BCUT2D eigenvalue weighted by molar-refractivity contribution is -0.123. The van der Waals surface area contributed by atoms with Crippen LogP contribution in [0.15, 0.2) is 47.1 Å². The van der Waals surface area contributed by atoms with Gasteiger partial charge in [0.2, 0.25) is 0 Å². The molecule has 5 nitrogen and oxygen atoms in total. The average Bonchev–Trinajstić information content (AvgIpc) is 2.96. The smallest absolute Gasteiger partial charge is 0.258 e. The molecule has 0 atom stereocenters. The number of hydrogen-bond acceptors (Lipinski definition) is 4. The summed E-state index contributed by atoms with van der Waals surface area (Å²) in [5, 5.41) is 2.70. The number of carbonyl (C=O) groups is 1. The molecule has 5 heteroatoms. The fraction of sp³-hybridized carbons (Fsp3) is 0.214. The van der Waals surface area contributed by atoms with Crippen molar-refractivity contribution in [3.8, 4) is 5.75 Å². The van der Waals surface area contributed by atoms with Crippen LogP contribution in [0.25, 0.3) is 0 Å². The summed E-state index contributed by atoms with van der Waals surface area (Å²) in [6, 6.07) is 10.9. The Morgan fingerprint density at radius 3 is 2.95 bits per heavy atom. The number of nitrogens with two attached hydrogens (primary N) is 1. The summed E-state index contributed by atoms with van der Waals surface area (Å²) in [5.41, 5.74) is 6.50. The fourth-order valence-corrected chi connectivity index (χ4v) is 1.56. The van der Waals surface area contributed by atoms with Crippen LogP contribution < -0.4 is 15.8 Å². The van der Waals surface area contributed by atoms with E-state index in [-0.39, 0.29) is 12.5 Å². The Bertz CT molecular complexity index is 523. The third-order valence-corrected chi connectivity index (χ3v) is 2.54. The van der Waals surface area contributed by atoms with Crippen LogP contribution in [0.1, 0.15) is 11.3 Å². The normalized spacial score (nSPS) is 10.2. The van der Waals surface area contributed by atoms with Crippen LogP contribution >= 0.6 is 0 Å². The van der Waals surface area contributed by atoms with Crippen LogP contribution in [0.4, 0.5) is 0 Å². The van der Waals surface area contributed by atoms with E-state index in [0.717, 1.165) is 5.56 Å². The number of amides is 1. The van der Waals surface area contributed by atoms with E-state index < -0.39 is 0 Å². The van der Waals surface area contributed by atoms with Crippen molar-refractivity contribution in [2.75, 3.05) is 6.61 Å². The average molecular weight is 260 g/mol. The number of hydrogen-bond donors (Lipinski definition) is 2. The van der Waals surface area contributed by atoms with Crippen molar-refractivity contribution in [1.29, 1.82) is 0 Å². The zero-order valence-corrected chi connectivity index (χ0v) is 10.5. The van der Waals surface area contributed by atoms with Crippen LogP contribution in [0.3, 0.4) is 0 Å². The maximum Gasteiger partial charge on any atom is 0.258 e. The van der Waals surface area contributed by atoms with E-state index in [1.54, 1.807) is 24.5 Å². The minimum atomic E-state index is -0.199. The highest BCUT2D eigenvalue weighted by atomic mass is 16.5. The molecule has 2 rings (SSSR count). The lowest BCUT2D eigenvalue weighted by atomic mass is 10.2. The summed E-state index contributed by atoms with van der Waals surface area (Å²) in [5.74, 6) is 1.14. The summed E-state index contributed by atoms with van der Waals surface area (Å²) in [6.07, 6.45) is 1.57. The molecule has 0 unspecified atom stereocenters. The van der Waals surface area contributed by atoms with Crippen molar-refractivity contribution in [2.45, 2.75) is 13.1 Å². The molecule has 100 valence electrons. The molecule has 0 radical (unpaired) electrons. The summed E-state index contributed by atoms with van der Waals surface area (Å²) in [7, 11) is 0. The Morgan fingerprint density at radius 1 is 1.32 bits per heavy atom. The second kappa shape index (κ2) is 6.61. The Labute approximate surface area is 111 Å². The van der Waals surface area contributed by atoms with Gasteiger partial charge in [-0.25, -0.2) is 0 Å². The summed E-state index contributed by atoms with van der Waals surface area (Å²) in [6.45, 7) is 0.772. The van der Waals surface area contributed by atoms with E-state index in [1.165, 1.54) is 0 Å². The van der Waals surface area contributed by atoms with Crippen LogP contribution in [-0.4, -0.2) is 12.5 Å². The molecule has 0 fully saturated rings. The first-order valence-corrected chi connectivity index (χ1v) is 5.99. The molecule has 0 bridgehead atoms. The van der Waals surface area contributed by atoms with Crippen molar-refractivity contribution in [3.63, 3.8) is 0 Å². The Balaban J connectivity index is 1.76. The van der Waals surface area contributed by atoms with E-state index in [2.05, 4.69) is 5.32 Å². The first-order valence-electron chi connectivity index (χ1n) is 5.99. The highest BCUT2D eigenvalue weighted by Crippen LogP contribution is 2.12. The lowest BCUT2D eigenvalue weighted by Gasteiger charge is -2.07. The molecule has 0 saturated heterocycles. The topological polar surface area (TPSA) is 77.5 Å². The second-order valence-corrected chi connectivity index (χ2v) is 4.00. The highest BCUT2D eigenvalue weighted by molar-refractivity contribution is 5.77. The van der Waals surface area contributed by atoms with Gasteiger partial charge >= 0.3 is 0 Å². The Kier molecular flexibility index (Phi) is 4.58. The van der Waals surface area contributed by atoms with Gasteiger partial charge in [0.1, 0.15) is 11.5 Å². The first kappa shape index (κ1) is 13.2. The summed E-state index contributed by atoms with van der Waals surface area (Å²) >= 11 is 0. The molecule has 2 aromatic rings. The van der Waals surface area contributed by atoms with Gasteiger partial charge in [0, 0.05) is 6.54 Å². The molecule has 1 amide bonds. The van der Waals surface area contributed by atoms with E-state index in [0.29, 0.717) is 24.6 Å². The standard InChI is InChI=1S/C14H16N2O3/c15-8-11-3-1-4-12(7-11)19-10-14(17)16-9-13-5-2-6-18-13/h1-7H,8-10,15H2,(H,16,17). The minimum Gasteiger partial charge on any atom is -0.484 e. The molecule has 0 aliphatic carbocycles. The lowest BCUT2D eigenvalue weighted by Crippen LogP contribution is -2.28. The van der Waals surface area contributed by atoms with Crippen LogP contribution in [0, 0.1) is 0 Å². The largest absolute Gasteiger partial charge is 0.484 e. The van der Waals surface area contributed by atoms with Gasteiger partial charge in [0.05, 0.1) is 12.8 Å². The van der Waals surface area contributed by atoms with Crippen LogP contribution in [-0.2, 0) is 17.9 Å². The molecule has 0 aliphatic rings. The van der Waals surface area contributed by atoms with Crippen molar-refractivity contribution in [2.24, 2.45) is 5.73 Å². The van der Waals surface area contributed by atoms with E-state index in [4.69, 9.17) is 14.9 Å². The van der Waals surface area contributed by atoms with Gasteiger partial charge in [0.15, 0.2) is 6.61 Å². The molecular formula is C14H16N2O3. The van der Waals surface area contributed by atoms with Crippen molar-refractivity contribution in [3.05, 3.63) is 54.0 Å². The Morgan fingerprint density at radius 2 is 2.21 bits per heavy atom. The van der Waals surface area contributed by atoms with Gasteiger partial charge in [-0.15, -0.1) is 0 Å². The van der Waals surface area contributed by atoms with E-state index in [1.807, 2.05) is 18.2 Å². The highest BCUT2D eigenvalue weighted by Gasteiger charge is 2.04. The maximum absolute atomic E-state index is 11.6. The van der Waals surface area contributed by atoms with Gasteiger partial charge in [-0.05, 0) is 29.8 Å².